The van der Waals surface area contributed by atoms with Crippen molar-refractivity contribution in [3.05, 3.63) is 53.2 Å². The number of aromatic nitrogens is 1. The van der Waals surface area contributed by atoms with Crippen molar-refractivity contribution in [3.8, 4) is 16.9 Å². The standard InChI is InChI=1S/C24H28F3N3O/c1-14-7-5-9-17(11-14)22-19(31-4)13-18(29-16(3)8-6-10-28)23-21(22)15(2)12-20(30-23)24(25,26)27/h5,7,9,11-13,16,29H,6,8,10,28H2,1-4H3. The number of halogens is 3. The molecule has 166 valence electrons. The van der Waals surface area contributed by atoms with Gasteiger partial charge < -0.3 is 15.8 Å². The molecule has 0 bridgehead atoms. The predicted octanol–water partition coefficient (Wildman–Crippen LogP) is 6.09. The van der Waals surface area contributed by atoms with Crippen LogP contribution in [-0.2, 0) is 6.18 Å². The third kappa shape index (κ3) is 4.93. The Morgan fingerprint density at radius 3 is 2.52 bits per heavy atom. The minimum Gasteiger partial charge on any atom is -0.496 e. The summed E-state index contributed by atoms with van der Waals surface area (Å²) in [5.74, 6) is 0.580. The molecule has 0 saturated heterocycles. The number of alkyl halides is 3. The highest BCUT2D eigenvalue weighted by Crippen LogP contribution is 2.44. The maximum Gasteiger partial charge on any atom is 0.433 e. The number of pyridine rings is 1. The summed E-state index contributed by atoms with van der Waals surface area (Å²) in [7, 11) is 1.56. The molecule has 3 N–H and O–H groups in total. The van der Waals surface area contributed by atoms with Gasteiger partial charge in [-0.3, -0.25) is 0 Å². The Hall–Kier alpha value is -2.80. The Morgan fingerprint density at radius 2 is 1.90 bits per heavy atom. The molecule has 0 fully saturated rings. The van der Waals surface area contributed by atoms with Crippen LogP contribution in [0.15, 0.2) is 36.4 Å². The summed E-state index contributed by atoms with van der Waals surface area (Å²) < 4.78 is 46.4. The molecular formula is C24H28F3N3O. The average Bonchev–Trinajstić information content (AvgIpc) is 2.71. The molecule has 1 unspecified atom stereocenters. The first-order valence-electron chi connectivity index (χ1n) is 10.3. The molecule has 31 heavy (non-hydrogen) atoms. The van der Waals surface area contributed by atoms with Crippen molar-refractivity contribution < 1.29 is 17.9 Å². The Morgan fingerprint density at radius 1 is 1.16 bits per heavy atom. The van der Waals surface area contributed by atoms with Crippen molar-refractivity contribution in [2.75, 3.05) is 19.0 Å². The lowest BCUT2D eigenvalue weighted by Crippen LogP contribution is -2.18. The van der Waals surface area contributed by atoms with Crippen LogP contribution in [0.4, 0.5) is 18.9 Å². The molecule has 0 aliphatic rings. The molecule has 2 aromatic carbocycles. The zero-order valence-corrected chi connectivity index (χ0v) is 18.2. The van der Waals surface area contributed by atoms with E-state index in [-0.39, 0.29) is 11.6 Å². The van der Waals surface area contributed by atoms with Crippen LogP contribution in [0, 0.1) is 13.8 Å². The molecule has 0 saturated carbocycles. The van der Waals surface area contributed by atoms with Crippen molar-refractivity contribution in [1.29, 1.82) is 0 Å². The SMILES string of the molecule is COc1cc(NC(C)CCCN)c2nc(C(F)(F)F)cc(C)c2c1-c1cccc(C)c1. The maximum absolute atomic E-state index is 13.6. The minimum atomic E-state index is -4.54. The van der Waals surface area contributed by atoms with Crippen LogP contribution in [0.1, 0.15) is 36.6 Å². The quantitative estimate of drug-likeness (QED) is 0.476. The summed E-state index contributed by atoms with van der Waals surface area (Å²) in [4.78, 5) is 4.06. The van der Waals surface area contributed by atoms with Gasteiger partial charge in [0, 0.05) is 23.1 Å². The number of anilines is 1. The van der Waals surface area contributed by atoms with Gasteiger partial charge in [0.15, 0.2) is 0 Å². The van der Waals surface area contributed by atoms with E-state index in [1.165, 1.54) is 0 Å². The number of ether oxygens (including phenoxy) is 1. The summed E-state index contributed by atoms with van der Waals surface area (Å²) in [6.07, 6.45) is -2.94. The first-order chi connectivity index (χ1) is 14.7. The summed E-state index contributed by atoms with van der Waals surface area (Å²) in [5.41, 5.74) is 8.64. The molecule has 0 aliphatic carbocycles. The molecular weight excluding hydrogens is 403 g/mol. The van der Waals surface area contributed by atoms with Crippen LogP contribution in [-0.4, -0.2) is 24.7 Å². The summed E-state index contributed by atoms with van der Waals surface area (Å²) in [6, 6.07) is 10.7. The highest BCUT2D eigenvalue weighted by atomic mass is 19.4. The van der Waals surface area contributed by atoms with E-state index in [0.717, 1.165) is 35.6 Å². The van der Waals surface area contributed by atoms with Gasteiger partial charge in [-0.15, -0.1) is 0 Å². The van der Waals surface area contributed by atoms with Gasteiger partial charge in [0.2, 0.25) is 0 Å². The molecule has 0 radical (unpaired) electrons. The zero-order chi connectivity index (χ0) is 22.8. The van der Waals surface area contributed by atoms with E-state index in [2.05, 4.69) is 10.3 Å². The van der Waals surface area contributed by atoms with Gasteiger partial charge >= 0.3 is 6.18 Å². The van der Waals surface area contributed by atoms with Crippen LogP contribution in [0.25, 0.3) is 22.0 Å². The van der Waals surface area contributed by atoms with E-state index < -0.39 is 11.9 Å². The Bertz CT molecular complexity index is 1080. The van der Waals surface area contributed by atoms with Crippen molar-refractivity contribution in [3.63, 3.8) is 0 Å². The van der Waals surface area contributed by atoms with Gasteiger partial charge in [0.05, 0.1) is 18.3 Å². The number of methoxy groups -OCH3 is 1. The first kappa shape index (κ1) is 22.9. The number of hydrogen-bond donors (Lipinski definition) is 2. The van der Waals surface area contributed by atoms with Gasteiger partial charge in [-0.05, 0) is 57.4 Å². The molecule has 0 aliphatic heterocycles. The van der Waals surface area contributed by atoms with E-state index in [9.17, 15) is 13.2 Å². The fraction of sp³-hybridized carbons (Fsp3) is 0.375. The highest BCUT2D eigenvalue weighted by molar-refractivity contribution is 6.06. The summed E-state index contributed by atoms with van der Waals surface area (Å²) in [6.45, 7) is 6.18. The fourth-order valence-electron chi connectivity index (χ4n) is 3.84. The Labute approximate surface area is 180 Å². The molecule has 0 amide bonds. The fourth-order valence-corrected chi connectivity index (χ4v) is 3.84. The summed E-state index contributed by atoms with van der Waals surface area (Å²) in [5, 5.41) is 3.97. The lowest BCUT2D eigenvalue weighted by molar-refractivity contribution is -0.141. The largest absolute Gasteiger partial charge is 0.496 e. The number of benzene rings is 2. The van der Waals surface area contributed by atoms with Crippen LogP contribution in [0.2, 0.25) is 0 Å². The van der Waals surface area contributed by atoms with E-state index in [4.69, 9.17) is 10.5 Å². The number of fused-ring (bicyclic) bond motifs is 1. The smallest absolute Gasteiger partial charge is 0.433 e. The monoisotopic (exact) mass is 431 g/mol. The minimum absolute atomic E-state index is 0.0120. The van der Waals surface area contributed by atoms with Gasteiger partial charge in [-0.1, -0.05) is 29.8 Å². The molecule has 0 spiro atoms. The molecule has 1 aromatic heterocycles. The van der Waals surface area contributed by atoms with Crippen molar-refractivity contribution in [2.45, 2.75) is 45.8 Å². The number of aryl methyl sites for hydroxylation is 2. The molecule has 1 atom stereocenters. The Kier molecular flexibility index (Phi) is 6.74. The third-order valence-corrected chi connectivity index (χ3v) is 5.30. The normalized spacial score (nSPS) is 12.8. The van der Waals surface area contributed by atoms with E-state index in [1.54, 1.807) is 20.1 Å². The average molecular weight is 432 g/mol. The predicted molar refractivity (Wildman–Crippen MR) is 120 cm³/mol. The lowest BCUT2D eigenvalue weighted by atomic mass is 9.94. The lowest BCUT2D eigenvalue weighted by Gasteiger charge is -2.22. The van der Waals surface area contributed by atoms with Gasteiger partial charge in [0.1, 0.15) is 11.4 Å². The van der Waals surface area contributed by atoms with E-state index in [0.29, 0.717) is 28.9 Å². The van der Waals surface area contributed by atoms with Gasteiger partial charge in [0.25, 0.3) is 0 Å². The topological polar surface area (TPSA) is 60.2 Å². The van der Waals surface area contributed by atoms with Crippen molar-refractivity contribution in [2.24, 2.45) is 5.73 Å². The van der Waals surface area contributed by atoms with Gasteiger partial charge in [-0.25, -0.2) is 4.98 Å². The molecule has 3 rings (SSSR count). The zero-order valence-electron chi connectivity index (χ0n) is 18.2. The van der Waals surface area contributed by atoms with Crippen LogP contribution in [0.5, 0.6) is 5.75 Å². The van der Waals surface area contributed by atoms with Crippen molar-refractivity contribution in [1.82, 2.24) is 4.98 Å². The second kappa shape index (κ2) is 9.14. The Balaban J connectivity index is 2.33. The van der Waals surface area contributed by atoms with E-state index >= 15 is 0 Å². The summed E-state index contributed by atoms with van der Waals surface area (Å²) >= 11 is 0. The van der Waals surface area contributed by atoms with Crippen molar-refractivity contribution >= 4 is 16.6 Å². The molecule has 4 nitrogen and oxygen atoms in total. The van der Waals surface area contributed by atoms with E-state index in [1.807, 2.05) is 38.1 Å². The highest BCUT2D eigenvalue weighted by Gasteiger charge is 2.34. The maximum atomic E-state index is 13.6. The first-order valence-corrected chi connectivity index (χ1v) is 10.3. The molecule has 3 aromatic rings. The molecule has 7 heteroatoms. The van der Waals surface area contributed by atoms with Crippen LogP contribution in [0.3, 0.4) is 0 Å². The van der Waals surface area contributed by atoms with Crippen LogP contribution < -0.4 is 15.8 Å². The third-order valence-electron chi connectivity index (χ3n) is 5.30. The van der Waals surface area contributed by atoms with Crippen LogP contribution >= 0.6 is 0 Å². The number of nitrogens with two attached hydrogens (primary N) is 1. The number of hydrogen-bond acceptors (Lipinski definition) is 4. The second-order valence-corrected chi connectivity index (χ2v) is 7.89. The number of rotatable bonds is 7. The number of nitrogens with one attached hydrogen (secondary N) is 1. The van der Waals surface area contributed by atoms with Gasteiger partial charge in [-0.2, -0.15) is 13.2 Å². The number of nitrogens with zero attached hydrogens (tertiary/aromatic N) is 1. The second-order valence-electron chi connectivity index (χ2n) is 7.89. The molecule has 1 heterocycles.